The Morgan fingerprint density at radius 3 is 1.85 bits per heavy atom. The van der Waals surface area contributed by atoms with Crippen LogP contribution in [-0.2, 0) is 0 Å². The molecule has 6 N–H and O–H groups in total. The Labute approximate surface area is 76.4 Å². The quantitative estimate of drug-likeness (QED) is 0.264. The van der Waals surface area contributed by atoms with Crippen LogP contribution in [0.15, 0.2) is 0 Å². The van der Waals surface area contributed by atoms with E-state index >= 15 is 0 Å². The van der Waals surface area contributed by atoms with Crippen molar-refractivity contribution < 1.29 is 25.5 Å². The third-order valence-electron chi connectivity index (χ3n) is 1.74. The van der Waals surface area contributed by atoms with Crippen molar-refractivity contribution in [3.05, 3.63) is 0 Å². The molecule has 0 radical (unpaired) electrons. The highest BCUT2D eigenvalue weighted by Crippen LogP contribution is 2.04. The minimum absolute atomic E-state index is 0.0936. The zero-order valence-corrected chi connectivity index (χ0v) is 7.46. The summed E-state index contributed by atoms with van der Waals surface area (Å²) in [6.07, 6.45) is -5.65. The van der Waals surface area contributed by atoms with Crippen LogP contribution >= 0.6 is 0 Å². The molecule has 0 aliphatic carbocycles. The molecule has 0 bridgehead atoms. The number of rotatable bonds is 6. The summed E-state index contributed by atoms with van der Waals surface area (Å²) in [6, 6.07) is 0. The van der Waals surface area contributed by atoms with E-state index in [1.54, 1.807) is 7.05 Å². The minimum atomic E-state index is -1.55. The smallest absolute Gasteiger partial charge is 0.111 e. The van der Waals surface area contributed by atoms with Crippen molar-refractivity contribution in [3.63, 3.8) is 0 Å². The molecule has 0 unspecified atom stereocenters. The van der Waals surface area contributed by atoms with E-state index in [2.05, 4.69) is 5.32 Å². The molecular formula is C7H17NO5. The first kappa shape index (κ1) is 12.8. The van der Waals surface area contributed by atoms with Crippen LogP contribution in [0.4, 0.5) is 0 Å². The van der Waals surface area contributed by atoms with E-state index in [4.69, 9.17) is 20.4 Å². The topological polar surface area (TPSA) is 113 Å². The summed E-state index contributed by atoms with van der Waals surface area (Å²) in [4.78, 5) is 0. The van der Waals surface area contributed by atoms with Crippen LogP contribution in [0.1, 0.15) is 0 Å². The van der Waals surface area contributed by atoms with Gasteiger partial charge in [-0.15, -0.1) is 0 Å². The lowest BCUT2D eigenvalue weighted by Gasteiger charge is -2.25. The van der Waals surface area contributed by atoms with Crippen LogP contribution in [0.25, 0.3) is 0 Å². The largest absolute Gasteiger partial charge is 0.394 e. The van der Waals surface area contributed by atoms with E-state index in [0.29, 0.717) is 0 Å². The van der Waals surface area contributed by atoms with Crippen LogP contribution in [-0.4, -0.2) is 70.1 Å². The van der Waals surface area contributed by atoms with Crippen molar-refractivity contribution in [3.8, 4) is 0 Å². The lowest BCUT2D eigenvalue weighted by molar-refractivity contribution is -0.113. The fourth-order valence-electron chi connectivity index (χ4n) is 0.893. The summed E-state index contributed by atoms with van der Waals surface area (Å²) in [7, 11) is 1.57. The third kappa shape index (κ3) is 3.99. The van der Waals surface area contributed by atoms with Crippen molar-refractivity contribution in [1.29, 1.82) is 0 Å². The molecule has 0 rings (SSSR count). The Balaban J connectivity index is 3.99. The van der Waals surface area contributed by atoms with Gasteiger partial charge < -0.3 is 30.8 Å². The minimum Gasteiger partial charge on any atom is -0.394 e. The van der Waals surface area contributed by atoms with E-state index in [1.807, 2.05) is 0 Å². The first-order chi connectivity index (χ1) is 6.04. The van der Waals surface area contributed by atoms with Gasteiger partial charge in [0.15, 0.2) is 0 Å². The molecule has 0 amide bonds. The zero-order valence-electron chi connectivity index (χ0n) is 7.46. The Kier molecular flexibility index (Phi) is 6.13. The van der Waals surface area contributed by atoms with Gasteiger partial charge in [0.1, 0.15) is 18.3 Å². The molecule has 0 fully saturated rings. The van der Waals surface area contributed by atoms with E-state index in [0.717, 1.165) is 0 Å². The number of likely N-dealkylation sites (N-methyl/N-ethyl adjacent to an activating group) is 1. The molecule has 0 saturated carbocycles. The maximum atomic E-state index is 9.21. The van der Waals surface area contributed by atoms with Gasteiger partial charge in [0.2, 0.25) is 0 Å². The third-order valence-corrected chi connectivity index (χ3v) is 1.74. The second-order valence-corrected chi connectivity index (χ2v) is 2.86. The molecule has 0 aromatic rings. The SMILES string of the molecule is CNC[C@H](O)[C@H](O)[C@H](O)[C@@H](O)CO. The fourth-order valence-corrected chi connectivity index (χ4v) is 0.893. The van der Waals surface area contributed by atoms with Gasteiger partial charge in [0.25, 0.3) is 0 Å². The van der Waals surface area contributed by atoms with Gasteiger partial charge in [0, 0.05) is 6.54 Å². The van der Waals surface area contributed by atoms with Crippen molar-refractivity contribution >= 4 is 0 Å². The number of nitrogens with one attached hydrogen (secondary N) is 1. The monoisotopic (exact) mass is 195 g/mol. The van der Waals surface area contributed by atoms with Crippen LogP contribution in [0.3, 0.4) is 0 Å². The van der Waals surface area contributed by atoms with E-state index < -0.39 is 31.0 Å². The predicted octanol–water partition coefficient (Wildman–Crippen LogP) is -3.36. The van der Waals surface area contributed by atoms with Crippen LogP contribution in [0.5, 0.6) is 0 Å². The van der Waals surface area contributed by atoms with Crippen LogP contribution in [0, 0.1) is 0 Å². The highest BCUT2D eigenvalue weighted by Gasteiger charge is 2.29. The fraction of sp³-hybridized carbons (Fsp3) is 1.00. The van der Waals surface area contributed by atoms with Gasteiger partial charge in [-0.3, -0.25) is 0 Å². The highest BCUT2D eigenvalue weighted by molar-refractivity contribution is 4.81. The van der Waals surface area contributed by atoms with Crippen molar-refractivity contribution in [1.82, 2.24) is 5.32 Å². The molecule has 80 valence electrons. The Hall–Kier alpha value is -0.240. The molecule has 0 aliphatic heterocycles. The second kappa shape index (κ2) is 6.25. The molecule has 0 saturated heterocycles. The van der Waals surface area contributed by atoms with Crippen molar-refractivity contribution in [2.75, 3.05) is 20.2 Å². The summed E-state index contributed by atoms with van der Waals surface area (Å²) in [5.74, 6) is 0. The molecule has 4 atom stereocenters. The molecule has 0 spiro atoms. The highest BCUT2D eigenvalue weighted by atomic mass is 16.4. The zero-order chi connectivity index (χ0) is 10.4. The summed E-state index contributed by atoms with van der Waals surface area (Å²) in [6.45, 7) is -0.569. The molecule has 0 aliphatic rings. The molecule has 6 heteroatoms. The molecular weight excluding hydrogens is 178 g/mol. The first-order valence-corrected chi connectivity index (χ1v) is 4.02. The number of aliphatic hydroxyl groups is 5. The molecule has 6 nitrogen and oxygen atoms in total. The Morgan fingerprint density at radius 1 is 1.00 bits per heavy atom. The first-order valence-electron chi connectivity index (χ1n) is 4.02. The molecule has 0 aromatic heterocycles. The number of aliphatic hydroxyl groups excluding tert-OH is 5. The molecule has 13 heavy (non-hydrogen) atoms. The van der Waals surface area contributed by atoms with Gasteiger partial charge in [0.05, 0.1) is 12.7 Å². The van der Waals surface area contributed by atoms with Gasteiger partial charge in [-0.1, -0.05) is 0 Å². The molecule has 0 aromatic carbocycles. The van der Waals surface area contributed by atoms with Crippen LogP contribution in [0.2, 0.25) is 0 Å². The number of hydrogen-bond donors (Lipinski definition) is 6. The van der Waals surface area contributed by atoms with Gasteiger partial charge in [-0.25, -0.2) is 0 Å². The lowest BCUT2D eigenvalue weighted by Crippen LogP contribution is -2.48. The van der Waals surface area contributed by atoms with Crippen molar-refractivity contribution in [2.24, 2.45) is 0 Å². The summed E-state index contributed by atoms with van der Waals surface area (Å²) >= 11 is 0. The molecule has 0 heterocycles. The van der Waals surface area contributed by atoms with Crippen molar-refractivity contribution in [2.45, 2.75) is 24.4 Å². The lowest BCUT2D eigenvalue weighted by atomic mass is 10.0. The van der Waals surface area contributed by atoms with Gasteiger partial charge in [-0.05, 0) is 7.05 Å². The number of hydrogen-bond acceptors (Lipinski definition) is 6. The maximum Gasteiger partial charge on any atom is 0.111 e. The second-order valence-electron chi connectivity index (χ2n) is 2.86. The Morgan fingerprint density at radius 2 is 1.46 bits per heavy atom. The van der Waals surface area contributed by atoms with E-state index in [1.165, 1.54) is 0 Å². The normalized spacial score (nSPS) is 20.8. The van der Waals surface area contributed by atoms with E-state index in [9.17, 15) is 5.11 Å². The standard InChI is InChI=1S/C7H17NO5/c1-8-2-4(10)6(12)7(13)5(11)3-9/h4-13H,2-3H2,1H3/t4-,5-,6-,7+/m0/s1. The van der Waals surface area contributed by atoms with E-state index in [-0.39, 0.29) is 6.54 Å². The summed E-state index contributed by atoms with van der Waals surface area (Å²) in [5.41, 5.74) is 0. The van der Waals surface area contributed by atoms with Crippen LogP contribution < -0.4 is 5.32 Å². The average Bonchev–Trinajstić information content (AvgIpc) is 2.14. The predicted molar refractivity (Wildman–Crippen MR) is 45.0 cm³/mol. The summed E-state index contributed by atoms with van der Waals surface area (Å²) in [5, 5.41) is 47.5. The van der Waals surface area contributed by atoms with Gasteiger partial charge in [-0.2, -0.15) is 0 Å². The maximum absolute atomic E-state index is 9.21. The Bertz CT molecular complexity index is 134. The van der Waals surface area contributed by atoms with Gasteiger partial charge >= 0.3 is 0 Å². The summed E-state index contributed by atoms with van der Waals surface area (Å²) < 4.78 is 0. The average molecular weight is 195 g/mol.